The maximum atomic E-state index is 15.5. The molecule has 1 amide bonds. The van der Waals surface area contributed by atoms with Crippen molar-refractivity contribution in [2.45, 2.75) is 147 Å². The molecule has 5 aliphatic rings. The first kappa shape index (κ1) is 45.7. The number of allylic oxidation sites excluding steroid dienone is 1. The van der Waals surface area contributed by atoms with Crippen LogP contribution in [-0.4, -0.2) is 124 Å². The molecule has 3 aliphatic carbocycles. The lowest BCUT2D eigenvalue weighted by Gasteiger charge is -2.67. The number of aliphatic hydroxyl groups is 3. The lowest BCUT2D eigenvalue weighted by atomic mass is 9.44. The van der Waals surface area contributed by atoms with Gasteiger partial charge in [0.1, 0.15) is 47.4 Å². The van der Waals surface area contributed by atoms with Crippen LogP contribution in [0.2, 0.25) is 0 Å². The number of para-hydroxylation sites is 1. The van der Waals surface area contributed by atoms with Gasteiger partial charge >= 0.3 is 30.0 Å². The molecule has 1 saturated heterocycles. The quantitative estimate of drug-likeness (QED) is 0.194. The second kappa shape index (κ2) is 16.5. The van der Waals surface area contributed by atoms with Gasteiger partial charge in [0.25, 0.3) is 0 Å². The minimum Gasteiger partial charge on any atom is -0.489 e. The van der Waals surface area contributed by atoms with Crippen molar-refractivity contribution in [2.75, 3.05) is 13.2 Å². The topological polar surface area (TPSA) is 240 Å². The molecule has 0 unspecified atom stereocenters. The van der Waals surface area contributed by atoms with Crippen molar-refractivity contribution in [1.29, 1.82) is 0 Å². The highest BCUT2D eigenvalue weighted by molar-refractivity contribution is 5.96. The summed E-state index contributed by atoms with van der Waals surface area (Å²) in [7, 11) is 0. The van der Waals surface area contributed by atoms with Crippen LogP contribution in [0.25, 0.3) is 0 Å². The van der Waals surface area contributed by atoms with Crippen LogP contribution in [0.4, 0.5) is 4.79 Å². The number of Topliss-reactive ketones (excluding diaryl/α,β-unsaturated/α-hetero) is 1. The summed E-state index contributed by atoms with van der Waals surface area (Å²) in [5, 5.41) is 39.9. The summed E-state index contributed by atoms with van der Waals surface area (Å²) in [6.07, 6.45) is -7.90. The number of carbonyl (C=O) groups excluding carboxylic acids is 6. The lowest BCUT2D eigenvalue weighted by molar-refractivity contribution is -0.346. The van der Waals surface area contributed by atoms with Gasteiger partial charge in [0.15, 0.2) is 23.6 Å². The Morgan fingerprint density at radius 3 is 2.28 bits per heavy atom. The molecule has 0 spiro atoms. The Morgan fingerprint density at radius 1 is 0.967 bits per heavy atom. The molecule has 2 heterocycles. The van der Waals surface area contributed by atoms with E-state index in [1.54, 1.807) is 58.9 Å². The third-order valence-electron chi connectivity index (χ3n) is 13.0. The molecule has 17 nitrogen and oxygen atoms in total. The predicted octanol–water partition coefficient (Wildman–Crippen LogP) is 3.19. The number of ketones is 1. The average Bonchev–Trinajstić information content (AvgIpc) is 3.15. The highest BCUT2D eigenvalue weighted by Crippen LogP contribution is 2.64. The highest BCUT2D eigenvalue weighted by Gasteiger charge is 2.78. The van der Waals surface area contributed by atoms with Gasteiger partial charge in [-0.25, -0.2) is 14.4 Å². The molecule has 334 valence electrons. The van der Waals surface area contributed by atoms with Gasteiger partial charge in [0.05, 0.1) is 30.1 Å². The average molecular weight is 856 g/mol. The second-order valence-corrected chi connectivity index (χ2v) is 18.4. The van der Waals surface area contributed by atoms with Crippen molar-refractivity contribution in [3.63, 3.8) is 0 Å². The molecule has 6 rings (SSSR count). The Labute approximate surface area is 354 Å². The maximum Gasteiger partial charge on any atom is 0.407 e. The molecular weight excluding hydrogens is 798 g/mol. The molecule has 3 fully saturated rings. The fourth-order valence-electron chi connectivity index (χ4n) is 9.94. The van der Waals surface area contributed by atoms with Crippen molar-refractivity contribution in [2.24, 2.45) is 16.7 Å². The van der Waals surface area contributed by atoms with Crippen LogP contribution >= 0.6 is 0 Å². The van der Waals surface area contributed by atoms with Crippen molar-refractivity contribution >= 4 is 35.8 Å². The number of nitrogens with one attached hydrogen (secondary N) is 1. The van der Waals surface area contributed by atoms with Crippen molar-refractivity contribution in [3.05, 3.63) is 53.1 Å². The number of alkyl carbamates (subject to hydrolysis) is 1. The lowest BCUT2D eigenvalue weighted by Crippen LogP contribution is -2.82. The summed E-state index contributed by atoms with van der Waals surface area (Å²) in [6.45, 7) is 12.8. The fourth-order valence-corrected chi connectivity index (χ4v) is 9.94. The normalized spacial score (nSPS) is 36.8. The zero-order valence-electron chi connectivity index (χ0n) is 36.0. The number of aliphatic hydroxyl groups excluding tert-OH is 2. The molecule has 4 N–H and O–H groups in total. The zero-order valence-corrected chi connectivity index (χ0v) is 36.0. The van der Waals surface area contributed by atoms with E-state index in [9.17, 15) is 39.3 Å². The fraction of sp³-hybridized carbons (Fsp3) is 0.636. The molecule has 61 heavy (non-hydrogen) atoms. The molecule has 0 aromatic heterocycles. The third kappa shape index (κ3) is 8.05. The van der Waals surface area contributed by atoms with Gasteiger partial charge < -0.3 is 53.8 Å². The SMILES string of the molecule is CC(=O)O[C@H]1C(=O)[C@@]2(C)[C@H]([C@@H]3OC(=O)c4ccccc4OC/C=C/CC[C@H](NC(=O)OC(C)(C)C)[C@@H](O)C(=O)O[C@H]4C[C@]3(O)C(C)(C)C1=C4C)[C@]1(OC(C)=O)CO[C@@H]1C[C@@H]2O. The number of hydrogen-bond donors (Lipinski definition) is 4. The first-order chi connectivity index (χ1) is 28.4. The molecule has 2 saturated carbocycles. The molecular formula is C44H57NO16. The van der Waals surface area contributed by atoms with E-state index in [4.69, 9.17) is 33.2 Å². The van der Waals surface area contributed by atoms with Crippen molar-refractivity contribution < 1.29 is 77.2 Å². The van der Waals surface area contributed by atoms with Crippen molar-refractivity contribution in [3.8, 4) is 5.75 Å². The highest BCUT2D eigenvalue weighted by atomic mass is 16.6. The summed E-state index contributed by atoms with van der Waals surface area (Å²) >= 11 is 0. The van der Waals surface area contributed by atoms with E-state index in [0.29, 0.717) is 0 Å². The van der Waals surface area contributed by atoms with Gasteiger partial charge in [-0.05, 0) is 70.7 Å². The van der Waals surface area contributed by atoms with Crippen molar-refractivity contribution in [1.82, 2.24) is 5.32 Å². The molecule has 17 heteroatoms. The van der Waals surface area contributed by atoms with Gasteiger partial charge in [0, 0.05) is 32.1 Å². The number of amides is 1. The third-order valence-corrected chi connectivity index (χ3v) is 13.0. The second-order valence-electron chi connectivity index (χ2n) is 18.4. The van der Waals surface area contributed by atoms with Gasteiger partial charge in [-0.2, -0.15) is 0 Å². The first-order valence-electron chi connectivity index (χ1n) is 20.5. The number of esters is 4. The Bertz CT molecular complexity index is 2020. The summed E-state index contributed by atoms with van der Waals surface area (Å²) in [4.78, 5) is 83.2. The van der Waals surface area contributed by atoms with Crippen LogP contribution in [0, 0.1) is 16.7 Å². The predicted molar refractivity (Wildman–Crippen MR) is 212 cm³/mol. The molecule has 0 radical (unpaired) electrons. The Hall–Kier alpha value is -4.84. The number of rotatable bonds is 3. The first-order valence-corrected chi connectivity index (χ1v) is 20.5. The maximum absolute atomic E-state index is 15.5. The van der Waals surface area contributed by atoms with E-state index < -0.39 is 118 Å². The Balaban J connectivity index is 1.61. The monoisotopic (exact) mass is 855 g/mol. The van der Waals surface area contributed by atoms with Gasteiger partial charge in [-0.1, -0.05) is 38.1 Å². The Kier molecular flexibility index (Phi) is 12.3. The van der Waals surface area contributed by atoms with Gasteiger partial charge in [-0.3, -0.25) is 14.4 Å². The van der Waals surface area contributed by atoms with Gasteiger partial charge in [0.2, 0.25) is 0 Å². The zero-order chi connectivity index (χ0) is 45.0. The van der Waals surface area contributed by atoms with E-state index in [-0.39, 0.29) is 54.9 Å². The summed E-state index contributed by atoms with van der Waals surface area (Å²) in [6, 6.07) is 4.94. The number of carbonyl (C=O) groups is 6. The van der Waals surface area contributed by atoms with E-state index in [1.807, 2.05) is 0 Å². The van der Waals surface area contributed by atoms with Gasteiger partial charge in [-0.15, -0.1) is 0 Å². The number of hydrogen-bond acceptors (Lipinski definition) is 16. The van der Waals surface area contributed by atoms with E-state index in [1.165, 1.54) is 26.0 Å². The van der Waals surface area contributed by atoms with E-state index in [0.717, 1.165) is 13.8 Å². The van der Waals surface area contributed by atoms with E-state index >= 15 is 4.79 Å². The standard InChI is InChI=1S/C44H57NO16/c1-22-28-20-44(54)36(34-42(9,29(48)19-30-43(34,21-56-30)60-24(3)47)35(50)33(57-23(2)46)31(22)41(44,7)8)59-37(51)25-15-12-13-17-27(25)55-18-14-10-11-16-26(32(49)38(52)58-28)45-39(53)61-40(4,5)6/h10,12-15,17,26,28-30,32-34,36,48-49,54H,11,16,18-21H2,1-9H3,(H,45,53)/b14-10+/t26-,28-,29-,30+,32+,33+,34-,36-,42+,43-,44+/m0/s1. The molecule has 1 aromatic rings. The smallest absolute Gasteiger partial charge is 0.407 e. The van der Waals surface area contributed by atoms with E-state index in [2.05, 4.69) is 5.32 Å². The van der Waals surface area contributed by atoms with Crippen LogP contribution in [0.1, 0.15) is 98.4 Å². The Morgan fingerprint density at radius 2 is 1.66 bits per heavy atom. The summed E-state index contributed by atoms with van der Waals surface area (Å²) in [5.41, 5.74) is -8.80. The molecule has 2 aliphatic heterocycles. The van der Waals surface area contributed by atoms with Crippen LogP contribution < -0.4 is 10.1 Å². The number of ether oxygens (including phenoxy) is 7. The summed E-state index contributed by atoms with van der Waals surface area (Å²) < 4.78 is 41.7. The summed E-state index contributed by atoms with van der Waals surface area (Å²) in [5.74, 6) is -6.28. The van der Waals surface area contributed by atoms with Crippen LogP contribution in [0.5, 0.6) is 5.75 Å². The molecule has 1 aromatic carbocycles. The van der Waals surface area contributed by atoms with Crippen LogP contribution in [-0.2, 0) is 47.6 Å². The minimum atomic E-state index is -2.42. The number of fused-ring (bicyclic) bond motifs is 7. The molecule has 11 atom stereocenters. The minimum absolute atomic E-state index is 0.0121. The molecule has 3 bridgehead atoms. The largest absolute Gasteiger partial charge is 0.489 e. The van der Waals surface area contributed by atoms with Crippen LogP contribution in [0.3, 0.4) is 0 Å². The number of benzene rings is 1. The van der Waals surface area contributed by atoms with Crippen LogP contribution in [0.15, 0.2) is 47.6 Å².